The molecule has 0 aliphatic carbocycles. The van der Waals surface area contributed by atoms with E-state index in [1.807, 2.05) is 37.3 Å². The summed E-state index contributed by atoms with van der Waals surface area (Å²) in [7, 11) is 0. The monoisotopic (exact) mass is 523 g/mol. The Morgan fingerprint density at radius 2 is 1.51 bits per heavy atom. The molecule has 200 valence electrons. The SMILES string of the molecule is CCOc1ccc(-c2nc3ccc(-c4nc5ccc(N6CCN(CCNC(C)=O)CC6)cc5[nH]4)cc3[nH]2)cc1. The van der Waals surface area contributed by atoms with E-state index in [9.17, 15) is 4.79 Å². The Balaban J connectivity index is 1.17. The Bertz CT molecular complexity index is 1600. The summed E-state index contributed by atoms with van der Waals surface area (Å²) in [6.07, 6.45) is 0. The molecule has 0 bridgehead atoms. The molecule has 39 heavy (non-hydrogen) atoms. The van der Waals surface area contributed by atoms with Crippen molar-refractivity contribution in [1.82, 2.24) is 30.2 Å². The van der Waals surface area contributed by atoms with Gasteiger partial charge in [0.25, 0.3) is 0 Å². The first-order valence-electron chi connectivity index (χ1n) is 13.5. The number of H-pyrrole nitrogens is 2. The maximum Gasteiger partial charge on any atom is 0.216 e. The minimum Gasteiger partial charge on any atom is -0.494 e. The van der Waals surface area contributed by atoms with E-state index in [2.05, 4.69) is 55.4 Å². The van der Waals surface area contributed by atoms with Crippen LogP contribution in [0.3, 0.4) is 0 Å². The highest BCUT2D eigenvalue weighted by Crippen LogP contribution is 2.28. The van der Waals surface area contributed by atoms with Crippen LogP contribution in [0.25, 0.3) is 44.8 Å². The molecule has 2 aromatic heterocycles. The van der Waals surface area contributed by atoms with Crippen LogP contribution in [-0.2, 0) is 4.79 Å². The van der Waals surface area contributed by atoms with Crippen LogP contribution in [0.1, 0.15) is 13.8 Å². The Morgan fingerprint density at radius 1 is 0.872 bits per heavy atom. The van der Waals surface area contributed by atoms with E-state index < -0.39 is 0 Å². The van der Waals surface area contributed by atoms with E-state index in [-0.39, 0.29) is 5.91 Å². The van der Waals surface area contributed by atoms with E-state index in [1.165, 1.54) is 5.69 Å². The lowest BCUT2D eigenvalue weighted by molar-refractivity contribution is -0.119. The quantitative estimate of drug-likeness (QED) is 0.278. The normalized spacial score (nSPS) is 14.3. The third-order valence-corrected chi connectivity index (χ3v) is 7.20. The molecule has 1 amide bonds. The lowest BCUT2D eigenvalue weighted by Gasteiger charge is -2.36. The number of carbonyl (C=O) groups is 1. The molecular formula is C30H33N7O2. The number of nitrogens with zero attached hydrogens (tertiary/aromatic N) is 4. The van der Waals surface area contributed by atoms with Gasteiger partial charge in [-0.15, -0.1) is 0 Å². The van der Waals surface area contributed by atoms with Crippen molar-refractivity contribution in [2.24, 2.45) is 0 Å². The Hall–Kier alpha value is -4.37. The van der Waals surface area contributed by atoms with Crippen molar-refractivity contribution in [3.8, 4) is 28.5 Å². The second-order valence-electron chi connectivity index (χ2n) is 9.87. The molecule has 3 aromatic carbocycles. The summed E-state index contributed by atoms with van der Waals surface area (Å²) in [6, 6.07) is 20.6. The smallest absolute Gasteiger partial charge is 0.216 e. The zero-order valence-corrected chi connectivity index (χ0v) is 22.3. The summed E-state index contributed by atoms with van der Waals surface area (Å²) in [5.41, 5.74) is 7.07. The minimum absolute atomic E-state index is 0.0269. The molecule has 3 heterocycles. The zero-order valence-electron chi connectivity index (χ0n) is 22.3. The lowest BCUT2D eigenvalue weighted by Crippen LogP contribution is -2.48. The van der Waals surface area contributed by atoms with E-state index in [0.29, 0.717) is 13.2 Å². The first kappa shape index (κ1) is 24.9. The molecule has 5 aromatic rings. The van der Waals surface area contributed by atoms with Crippen LogP contribution in [0.4, 0.5) is 5.69 Å². The number of amides is 1. The van der Waals surface area contributed by atoms with E-state index in [1.54, 1.807) is 6.92 Å². The van der Waals surface area contributed by atoms with Gasteiger partial charge in [0.15, 0.2) is 0 Å². The number of hydrogen-bond acceptors (Lipinski definition) is 6. The number of carbonyl (C=O) groups excluding carboxylic acids is 1. The van der Waals surface area contributed by atoms with Gasteiger partial charge >= 0.3 is 0 Å². The van der Waals surface area contributed by atoms with E-state index in [0.717, 1.165) is 83.3 Å². The number of aromatic nitrogens is 4. The molecule has 6 rings (SSSR count). The number of aromatic amines is 2. The molecular weight excluding hydrogens is 490 g/mol. The van der Waals surface area contributed by atoms with Gasteiger partial charge in [0.1, 0.15) is 17.4 Å². The van der Waals surface area contributed by atoms with Gasteiger partial charge in [0, 0.05) is 63.0 Å². The van der Waals surface area contributed by atoms with Crippen LogP contribution < -0.4 is 15.0 Å². The summed E-state index contributed by atoms with van der Waals surface area (Å²) in [4.78, 5) is 32.5. The number of anilines is 1. The highest BCUT2D eigenvalue weighted by Gasteiger charge is 2.18. The number of piperazine rings is 1. The zero-order chi connectivity index (χ0) is 26.8. The summed E-state index contributed by atoms with van der Waals surface area (Å²) < 4.78 is 5.55. The molecule has 0 atom stereocenters. The minimum atomic E-state index is 0.0269. The third kappa shape index (κ3) is 5.44. The second-order valence-corrected chi connectivity index (χ2v) is 9.87. The maximum atomic E-state index is 11.1. The van der Waals surface area contributed by atoms with Crippen LogP contribution in [0, 0.1) is 0 Å². The van der Waals surface area contributed by atoms with Gasteiger partial charge in [-0.05, 0) is 67.6 Å². The number of imidazole rings is 2. The number of fused-ring (bicyclic) bond motifs is 2. The van der Waals surface area contributed by atoms with Crippen molar-refractivity contribution in [3.63, 3.8) is 0 Å². The third-order valence-electron chi connectivity index (χ3n) is 7.20. The average molecular weight is 524 g/mol. The van der Waals surface area contributed by atoms with Crippen molar-refractivity contribution in [3.05, 3.63) is 60.7 Å². The molecule has 1 fully saturated rings. The molecule has 1 aliphatic heterocycles. The second kappa shape index (κ2) is 10.8. The number of nitrogens with one attached hydrogen (secondary N) is 3. The van der Waals surface area contributed by atoms with Crippen LogP contribution in [0.15, 0.2) is 60.7 Å². The molecule has 0 spiro atoms. The summed E-state index contributed by atoms with van der Waals surface area (Å²) in [5, 5.41) is 2.88. The Morgan fingerprint density at radius 3 is 2.21 bits per heavy atom. The molecule has 9 nitrogen and oxygen atoms in total. The average Bonchev–Trinajstić information content (AvgIpc) is 3.57. The van der Waals surface area contributed by atoms with Gasteiger partial charge in [-0.3, -0.25) is 9.69 Å². The van der Waals surface area contributed by atoms with Crippen LogP contribution in [0.2, 0.25) is 0 Å². The molecule has 9 heteroatoms. The summed E-state index contributed by atoms with van der Waals surface area (Å²) in [5.74, 6) is 2.55. The number of hydrogen-bond donors (Lipinski definition) is 3. The van der Waals surface area contributed by atoms with Gasteiger partial charge in [-0.1, -0.05) is 0 Å². The molecule has 1 aliphatic rings. The maximum absolute atomic E-state index is 11.1. The molecule has 3 N–H and O–H groups in total. The van der Waals surface area contributed by atoms with Gasteiger partial charge in [0.05, 0.1) is 28.7 Å². The predicted molar refractivity (Wildman–Crippen MR) is 155 cm³/mol. The topological polar surface area (TPSA) is 102 Å². The highest BCUT2D eigenvalue weighted by molar-refractivity contribution is 5.87. The van der Waals surface area contributed by atoms with E-state index >= 15 is 0 Å². The lowest BCUT2D eigenvalue weighted by atomic mass is 10.2. The van der Waals surface area contributed by atoms with Gasteiger partial charge in [-0.25, -0.2) is 9.97 Å². The van der Waals surface area contributed by atoms with Crippen molar-refractivity contribution < 1.29 is 9.53 Å². The fourth-order valence-electron chi connectivity index (χ4n) is 5.12. The van der Waals surface area contributed by atoms with Gasteiger partial charge in [-0.2, -0.15) is 0 Å². The number of benzene rings is 3. The number of ether oxygens (including phenoxy) is 1. The van der Waals surface area contributed by atoms with Crippen LogP contribution >= 0.6 is 0 Å². The van der Waals surface area contributed by atoms with Crippen molar-refractivity contribution in [2.45, 2.75) is 13.8 Å². The summed E-state index contributed by atoms with van der Waals surface area (Å²) >= 11 is 0. The van der Waals surface area contributed by atoms with Crippen LogP contribution in [-0.4, -0.2) is 76.6 Å². The highest BCUT2D eigenvalue weighted by atomic mass is 16.5. The first-order chi connectivity index (χ1) is 19.1. The van der Waals surface area contributed by atoms with E-state index in [4.69, 9.17) is 14.7 Å². The first-order valence-corrected chi connectivity index (χ1v) is 13.5. The molecule has 1 saturated heterocycles. The van der Waals surface area contributed by atoms with Gasteiger partial charge < -0.3 is 24.9 Å². The molecule has 0 unspecified atom stereocenters. The van der Waals surface area contributed by atoms with Crippen molar-refractivity contribution in [1.29, 1.82) is 0 Å². The number of rotatable bonds is 8. The fourth-order valence-corrected chi connectivity index (χ4v) is 5.12. The molecule has 0 saturated carbocycles. The Labute approximate surface area is 227 Å². The van der Waals surface area contributed by atoms with Crippen LogP contribution in [0.5, 0.6) is 5.75 Å². The van der Waals surface area contributed by atoms with Crippen molar-refractivity contribution >= 4 is 33.7 Å². The Kier molecular flexibility index (Phi) is 6.89. The van der Waals surface area contributed by atoms with Crippen molar-refractivity contribution in [2.75, 3.05) is 50.8 Å². The molecule has 0 radical (unpaired) electrons. The fraction of sp³-hybridized carbons (Fsp3) is 0.300. The predicted octanol–water partition coefficient (Wildman–Crippen LogP) is 4.43. The van der Waals surface area contributed by atoms with Gasteiger partial charge in [0.2, 0.25) is 5.91 Å². The summed E-state index contributed by atoms with van der Waals surface area (Å²) in [6.45, 7) is 9.65. The largest absolute Gasteiger partial charge is 0.494 e. The standard InChI is InChI=1S/C30H33N7O2/c1-3-39-24-8-4-21(5-9-24)29-32-25-10-6-22(18-27(25)34-29)30-33-26-11-7-23(19-28(26)35-30)37-16-14-36(15-17-37)13-12-31-20(2)38/h4-11,18-19H,3,12-17H2,1-2H3,(H,31,38)(H,32,34)(H,33,35).